The highest BCUT2D eigenvalue weighted by molar-refractivity contribution is 7.09. The van der Waals surface area contributed by atoms with Crippen molar-refractivity contribution in [3.63, 3.8) is 0 Å². The number of anilines is 1. The van der Waals surface area contributed by atoms with E-state index in [0.717, 1.165) is 10.6 Å². The van der Waals surface area contributed by atoms with Gasteiger partial charge in [0, 0.05) is 82.0 Å². The summed E-state index contributed by atoms with van der Waals surface area (Å²) in [6.45, 7) is 21.5. The Balaban J connectivity index is 1.18. The number of ketones is 1. The maximum atomic E-state index is 14.8. The van der Waals surface area contributed by atoms with E-state index in [1.54, 1.807) is 133 Å². The summed E-state index contributed by atoms with van der Waals surface area (Å²) >= 11 is 1.53. The minimum Gasteiger partial charge on any atom is -0.445 e. The maximum absolute atomic E-state index is 14.8. The molecule has 10 N–H and O–H groups in total. The van der Waals surface area contributed by atoms with Gasteiger partial charge in [0.1, 0.15) is 47.7 Å². The highest BCUT2D eigenvalue weighted by atomic mass is 32.1. The minimum absolute atomic E-state index is 0.0223. The zero-order chi connectivity index (χ0) is 77.7. The molecule has 1 fully saturated rings. The Bertz CT molecular complexity index is 3470. The van der Waals surface area contributed by atoms with E-state index < -0.39 is 125 Å². The topological polar surface area (TPSA) is 366 Å². The van der Waals surface area contributed by atoms with Crippen LogP contribution in [0.25, 0.3) is 0 Å². The van der Waals surface area contributed by atoms with Crippen LogP contribution >= 0.6 is 11.3 Å². The van der Waals surface area contributed by atoms with Crippen molar-refractivity contribution in [2.45, 2.75) is 226 Å². The lowest BCUT2D eigenvalue weighted by Gasteiger charge is -2.41. The smallest absolute Gasteiger partial charge is 0.408 e. The Morgan fingerprint density at radius 1 is 0.695 bits per heavy atom. The van der Waals surface area contributed by atoms with Crippen molar-refractivity contribution in [2.75, 3.05) is 46.2 Å². The lowest BCUT2D eigenvalue weighted by atomic mass is 9.85. The number of methoxy groups -OCH3 is 2. The summed E-state index contributed by atoms with van der Waals surface area (Å²) in [6, 6.07) is 18.3. The van der Waals surface area contributed by atoms with Crippen LogP contribution in [0.2, 0.25) is 0 Å². The monoisotopic (exact) mass is 1480 g/mol. The van der Waals surface area contributed by atoms with Gasteiger partial charge in [-0.1, -0.05) is 116 Å². The molecule has 1 saturated heterocycles. The predicted molar refractivity (Wildman–Crippen MR) is 401 cm³/mol. The molecule has 0 bridgehead atoms. The van der Waals surface area contributed by atoms with E-state index in [2.05, 4.69) is 47.5 Å². The molecule has 105 heavy (non-hydrogen) atoms. The summed E-state index contributed by atoms with van der Waals surface area (Å²) in [4.78, 5) is 159. The van der Waals surface area contributed by atoms with E-state index in [1.807, 2.05) is 56.5 Å². The Morgan fingerprint density at radius 2 is 1.32 bits per heavy atom. The van der Waals surface area contributed by atoms with Crippen molar-refractivity contribution >= 4 is 82.4 Å². The van der Waals surface area contributed by atoms with Gasteiger partial charge in [0.2, 0.25) is 35.4 Å². The van der Waals surface area contributed by atoms with Crippen LogP contribution in [0.3, 0.4) is 0 Å². The van der Waals surface area contributed by atoms with Gasteiger partial charge in [0.25, 0.3) is 5.91 Å². The number of primary amides is 1. The van der Waals surface area contributed by atoms with Crippen LogP contribution in [0.5, 0.6) is 0 Å². The van der Waals surface area contributed by atoms with Crippen LogP contribution in [0.4, 0.5) is 20.1 Å². The number of hydrogen-bond donors (Lipinski definition) is 9. The number of benzene rings is 3. The van der Waals surface area contributed by atoms with Gasteiger partial charge >= 0.3 is 18.2 Å². The second-order valence-corrected chi connectivity index (χ2v) is 30.2. The van der Waals surface area contributed by atoms with Crippen LogP contribution in [-0.4, -0.2) is 181 Å². The third-order valence-electron chi connectivity index (χ3n) is 18.8. The minimum atomic E-state index is -1.61. The molecular formula is C77H114N12O15S. The van der Waals surface area contributed by atoms with Crippen molar-refractivity contribution in [3.8, 4) is 0 Å². The Kier molecular flexibility index (Phi) is 34.8. The molecule has 0 unspecified atom stereocenters. The average Bonchev–Trinajstić information content (AvgIpc) is 1.80. The maximum Gasteiger partial charge on any atom is 0.408 e. The highest BCUT2D eigenvalue weighted by Gasteiger charge is 2.44. The summed E-state index contributed by atoms with van der Waals surface area (Å²) in [6.07, 6.45) is 2.88. The molecule has 4 aromatic rings. The second kappa shape index (κ2) is 42.2. The molecule has 3 aromatic carbocycles. The first-order valence-corrected chi connectivity index (χ1v) is 37.3. The number of amides is 11. The number of ether oxygens (including phenoxy) is 4. The Morgan fingerprint density at radius 3 is 1.91 bits per heavy atom. The number of thiazole rings is 1. The zero-order valence-electron chi connectivity index (χ0n) is 63.8. The molecule has 5 rings (SSSR count). The van der Waals surface area contributed by atoms with Crippen LogP contribution < -0.4 is 48.3 Å². The molecule has 27 nitrogen and oxygen atoms in total. The van der Waals surface area contributed by atoms with E-state index in [-0.39, 0.29) is 81.4 Å². The highest BCUT2D eigenvalue weighted by Crippen LogP contribution is 2.33. The third kappa shape index (κ3) is 27.8. The van der Waals surface area contributed by atoms with Gasteiger partial charge in [-0.05, 0) is 139 Å². The second-order valence-electron chi connectivity index (χ2n) is 29.3. The third-order valence-corrected chi connectivity index (χ3v) is 19.8. The number of urea groups is 1. The first-order valence-electron chi connectivity index (χ1n) is 36.4. The molecule has 0 aliphatic carbocycles. The van der Waals surface area contributed by atoms with Crippen molar-refractivity contribution in [1.82, 2.24) is 52.0 Å². The van der Waals surface area contributed by atoms with Crippen molar-refractivity contribution in [3.05, 3.63) is 118 Å². The molecule has 28 heteroatoms. The zero-order valence-corrected chi connectivity index (χ0v) is 64.6. The number of likely N-dealkylation sites (N-methyl/N-ethyl adjacent to an activating group) is 1. The average molecular weight is 1480 g/mol. The quantitative estimate of drug-likeness (QED) is 0.0188. The number of unbranched alkanes of at least 4 members (excludes halogenated alkanes) is 1. The van der Waals surface area contributed by atoms with E-state index in [0.29, 0.717) is 61.9 Å². The first-order chi connectivity index (χ1) is 49.7. The van der Waals surface area contributed by atoms with Gasteiger partial charge < -0.3 is 77.0 Å². The molecule has 578 valence electrons. The molecule has 1 aliphatic rings. The Hall–Kier alpha value is -9.02. The number of nitrogens with one attached hydrogen (secondary N) is 8. The number of likely N-dealkylation sites (tertiary alicyclic amines) is 1. The van der Waals surface area contributed by atoms with Crippen molar-refractivity contribution in [1.29, 1.82) is 0 Å². The molecular weight excluding hydrogens is 1360 g/mol. The first kappa shape index (κ1) is 86.6. The van der Waals surface area contributed by atoms with Crippen LogP contribution in [-0.2, 0) is 65.5 Å². The van der Waals surface area contributed by atoms with Gasteiger partial charge in [0.05, 0.1) is 35.7 Å². The summed E-state index contributed by atoms with van der Waals surface area (Å²) in [5, 5.41) is 24.5. The fourth-order valence-electron chi connectivity index (χ4n) is 12.7. The molecule has 1 aliphatic heterocycles. The SMILES string of the molecule is CC[C@H](C)[C@@H]([C@@H](CC(=O)N1CCC[C@H]1[C@H](OC)[C@@H](C)C(=O)C[C@@H](Cc1ccccc1)c1nccs1)OC)N(C)C(=O)[C@@H](NC(=O)C(C)(C)NC(=O)OCc1ccc(NC(=O)[C@H](CCCNC(N)=O)NC(=O)[C@@H](NC(=O)[C@H](CCCCNC(=O)OC(C)(C)C)NC(=O)c2ccccc2)C(C)C)cc1)C(C)C. The molecule has 11 atom stereocenters. The normalized spacial score (nSPS) is 15.9. The fourth-order valence-corrected chi connectivity index (χ4v) is 13.5. The van der Waals surface area contributed by atoms with Crippen molar-refractivity contribution in [2.24, 2.45) is 29.4 Å². The molecule has 0 saturated carbocycles. The number of nitrogens with zero attached hydrogens (tertiary/aromatic N) is 3. The van der Waals surface area contributed by atoms with Crippen LogP contribution in [0.15, 0.2) is 96.5 Å². The van der Waals surface area contributed by atoms with Crippen LogP contribution in [0.1, 0.15) is 180 Å². The van der Waals surface area contributed by atoms with Gasteiger partial charge in [-0.3, -0.25) is 38.4 Å². The van der Waals surface area contributed by atoms with Crippen LogP contribution in [0, 0.1) is 23.7 Å². The summed E-state index contributed by atoms with van der Waals surface area (Å²) in [5.41, 5.74) is 5.20. The summed E-state index contributed by atoms with van der Waals surface area (Å²) < 4.78 is 23.1. The Labute approximate surface area is 622 Å². The van der Waals surface area contributed by atoms with Gasteiger partial charge in [-0.15, -0.1) is 11.3 Å². The summed E-state index contributed by atoms with van der Waals surface area (Å²) in [5.74, 6) is -5.57. The lowest BCUT2D eigenvalue weighted by molar-refractivity contribution is -0.147. The van der Waals surface area contributed by atoms with Gasteiger partial charge in [-0.2, -0.15) is 0 Å². The standard InChI is InChI=1S/C77H114N12O15S/c1-16-49(6)64(60(101-14)45-61(91)89-41-26-33-58(89)65(102-15)50(7)59(90)44-54(70-79-40-42-105-70)43-51-27-19-17-20-28-51)88(13)71(96)63(48(4)5)86-72(97)77(11,12)87-75(100)103-46-52-34-36-55(37-35-52)82-67(93)57(32-25-39-80-73(78)98)84-69(95)62(47(2)3)85-68(94)56(83-66(92)53-29-21-18-22-30-53)31-23-24-38-81-74(99)104-76(8,9)10/h17-22,27-30,34-37,40,42,47-50,54,56-58,60,62-65H,16,23-26,31-33,38-39,41,43-46H2,1-15H3,(H,81,99)(H,82,93)(H,83,92)(H,84,95)(H,85,94)(H,86,97)(H,87,100)(H3,78,80,98)/t49-,50-,54+,56-,57-,58-,60+,62-,63-,64-,65+/m0/s1. The van der Waals surface area contributed by atoms with Gasteiger partial charge in [0.15, 0.2) is 0 Å². The predicted octanol–water partition coefficient (Wildman–Crippen LogP) is 8.70. The number of carbonyl (C=O) groups is 11. The number of alkyl carbamates (subject to hydrolysis) is 2. The summed E-state index contributed by atoms with van der Waals surface area (Å²) in [7, 11) is 4.73. The number of nitrogens with two attached hydrogens (primary N) is 1. The number of carbonyl (C=O) groups excluding carboxylic acids is 11. The van der Waals surface area contributed by atoms with E-state index in [9.17, 15) is 52.7 Å². The molecule has 11 amide bonds. The number of rotatable bonds is 41. The molecule has 0 radical (unpaired) electrons. The lowest BCUT2D eigenvalue weighted by Crippen LogP contribution is -2.62. The number of aromatic nitrogens is 1. The largest absolute Gasteiger partial charge is 0.445 e. The molecule has 0 spiro atoms. The number of Topliss-reactive ketones (excluding diaryl/α,β-unsaturated/α-hetero) is 1. The molecule has 1 aromatic heterocycles. The van der Waals surface area contributed by atoms with E-state index in [1.165, 1.54) is 32.3 Å². The van der Waals surface area contributed by atoms with Gasteiger partial charge in [-0.25, -0.2) is 19.4 Å². The van der Waals surface area contributed by atoms with Crippen molar-refractivity contribution < 1.29 is 71.7 Å². The number of hydrogen-bond acceptors (Lipinski definition) is 17. The van der Waals surface area contributed by atoms with E-state index in [4.69, 9.17) is 24.7 Å². The fraction of sp³-hybridized carbons (Fsp3) is 0.584. The van der Waals surface area contributed by atoms with E-state index >= 15 is 0 Å². The molecule has 2 heterocycles.